The number of rotatable bonds is 5. The molecule has 2 heterocycles. The Hall–Kier alpha value is -1.13. The van der Waals surface area contributed by atoms with Crippen molar-refractivity contribution in [3.05, 3.63) is 63.9 Å². The lowest BCUT2D eigenvalue weighted by molar-refractivity contribution is 0.190. The molecule has 0 amide bonds. The molecule has 0 bridgehead atoms. The lowest BCUT2D eigenvalue weighted by Gasteiger charge is -2.32. The molecule has 1 fully saturated rings. The Bertz CT molecular complexity index is 625. The van der Waals surface area contributed by atoms with E-state index in [1.807, 2.05) is 30.5 Å². The van der Waals surface area contributed by atoms with E-state index in [0.29, 0.717) is 16.1 Å². The fourth-order valence-corrected chi connectivity index (χ4v) is 3.26. The molecule has 5 heteroatoms. The zero-order valence-electron chi connectivity index (χ0n) is 13.0. The van der Waals surface area contributed by atoms with Gasteiger partial charge < -0.3 is 5.32 Å². The smallest absolute Gasteiger partial charge is 0.0595 e. The van der Waals surface area contributed by atoms with E-state index in [0.717, 1.165) is 44.7 Å². The van der Waals surface area contributed by atoms with Crippen molar-refractivity contribution in [2.75, 3.05) is 13.1 Å². The predicted molar refractivity (Wildman–Crippen MR) is 95.8 cm³/mol. The Kier molecular flexibility index (Phi) is 5.90. The van der Waals surface area contributed by atoms with Crippen LogP contribution in [0.3, 0.4) is 0 Å². The monoisotopic (exact) mass is 349 g/mol. The summed E-state index contributed by atoms with van der Waals surface area (Å²) in [5, 5.41) is 4.86. The van der Waals surface area contributed by atoms with Gasteiger partial charge in [0.1, 0.15) is 0 Å². The quantitative estimate of drug-likeness (QED) is 0.878. The van der Waals surface area contributed by atoms with Crippen molar-refractivity contribution in [2.45, 2.75) is 32.0 Å². The number of pyridine rings is 1. The zero-order chi connectivity index (χ0) is 16.1. The topological polar surface area (TPSA) is 28.2 Å². The van der Waals surface area contributed by atoms with Crippen LogP contribution >= 0.6 is 23.2 Å². The first-order chi connectivity index (χ1) is 11.2. The Morgan fingerprint density at radius 1 is 1.09 bits per heavy atom. The second kappa shape index (κ2) is 8.11. The maximum absolute atomic E-state index is 6.09. The predicted octanol–water partition coefficient (Wildman–Crippen LogP) is 4.14. The van der Waals surface area contributed by atoms with Crippen molar-refractivity contribution in [1.29, 1.82) is 0 Å². The molecule has 1 aromatic heterocycles. The first kappa shape index (κ1) is 16.7. The summed E-state index contributed by atoms with van der Waals surface area (Å²) in [7, 11) is 0. The number of nitrogens with zero attached hydrogens (tertiary/aromatic N) is 2. The van der Waals surface area contributed by atoms with E-state index in [2.05, 4.69) is 27.3 Å². The maximum Gasteiger partial charge on any atom is 0.0595 e. The average Bonchev–Trinajstić information content (AvgIpc) is 2.58. The highest BCUT2D eigenvalue weighted by atomic mass is 35.5. The van der Waals surface area contributed by atoms with E-state index in [-0.39, 0.29) is 0 Å². The van der Waals surface area contributed by atoms with Crippen LogP contribution in [0.4, 0.5) is 0 Å². The summed E-state index contributed by atoms with van der Waals surface area (Å²) in [5.41, 5.74) is 2.32. The van der Waals surface area contributed by atoms with Gasteiger partial charge in [0.2, 0.25) is 0 Å². The fourth-order valence-electron chi connectivity index (χ4n) is 2.94. The summed E-state index contributed by atoms with van der Waals surface area (Å²) in [6.45, 7) is 3.97. The van der Waals surface area contributed by atoms with Crippen molar-refractivity contribution >= 4 is 23.2 Å². The van der Waals surface area contributed by atoms with Crippen LogP contribution in [-0.4, -0.2) is 29.0 Å². The Balaban J connectivity index is 1.44. The molecule has 0 saturated carbocycles. The Labute approximate surface area is 147 Å². The molecular formula is C18H21Cl2N3. The van der Waals surface area contributed by atoms with E-state index in [4.69, 9.17) is 23.2 Å². The molecule has 3 nitrogen and oxygen atoms in total. The summed E-state index contributed by atoms with van der Waals surface area (Å²) in [5.74, 6) is 0. The summed E-state index contributed by atoms with van der Waals surface area (Å²) in [6, 6.07) is 12.5. The van der Waals surface area contributed by atoms with Gasteiger partial charge in [-0.1, -0.05) is 35.3 Å². The van der Waals surface area contributed by atoms with Gasteiger partial charge in [0.05, 0.1) is 15.7 Å². The van der Waals surface area contributed by atoms with Crippen molar-refractivity contribution in [1.82, 2.24) is 15.2 Å². The number of benzene rings is 1. The van der Waals surface area contributed by atoms with Crippen LogP contribution in [0.25, 0.3) is 0 Å². The standard InChI is InChI=1S/C18H21Cl2N3/c19-17-5-4-14(11-18(17)20)13-23-9-6-15(7-10-23)22-12-16-3-1-2-8-21-16/h1-5,8,11,15,22H,6-7,9-10,12-13H2. The van der Waals surface area contributed by atoms with Gasteiger partial charge in [-0.2, -0.15) is 0 Å². The highest BCUT2D eigenvalue weighted by Crippen LogP contribution is 2.24. The molecule has 2 aromatic rings. The third-order valence-corrected chi connectivity index (χ3v) is 5.01. The van der Waals surface area contributed by atoms with Crippen molar-refractivity contribution in [3.8, 4) is 0 Å². The van der Waals surface area contributed by atoms with Crippen molar-refractivity contribution in [2.24, 2.45) is 0 Å². The van der Waals surface area contributed by atoms with Gasteiger partial charge in [0.15, 0.2) is 0 Å². The number of hydrogen-bond acceptors (Lipinski definition) is 3. The minimum atomic E-state index is 0.571. The molecule has 0 spiro atoms. The normalized spacial score (nSPS) is 16.6. The Morgan fingerprint density at radius 2 is 1.91 bits per heavy atom. The zero-order valence-corrected chi connectivity index (χ0v) is 14.5. The third kappa shape index (κ3) is 4.92. The van der Waals surface area contributed by atoms with Crippen LogP contribution in [-0.2, 0) is 13.1 Å². The van der Waals surface area contributed by atoms with Gasteiger partial charge in [-0.05, 0) is 55.8 Å². The molecule has 23 heavy (non-hydrogen) atoms. The first-order valence-electron chi connectivity index (χ1n) is 8.00. The van der Waals surface area contributed by atoms with E-state index < -0.39 is 0 Å². The molecule has 0 atom stereocenters. The summed E-state index contributed by atoms with van der Waals surface area (Å²) in [4.78, 5) is 6.82. The largest absolute Gasteiger partial charge is 0.308 e. The minimum absolute atomic E-state index is 0.571. The van der Waals surface area contributed by atoms with E-state index in [1.54, 1.807) is 0 Å². The second-order valence-corrected chi connectivity index (χ2v) is 6.82. The number of nitrogens with one attached hydrogen (secondary N) is 1. The molecular weight excluding hydrogens is 329 g/mol. The molecule has 0 unspecified atom stereocenters. The minimum Gasteiger partial charge on any atom is -0.308 e. The van der Waals surface area contributed by atoms with E-state index >= 15 is 0 Å². The highest BCUT2D eigenvalue weighted by molar-refractivity contribution is 6.42. The number of likely N-dealkylation sites (tertiary alicyclic amines) is 1. The lowest BCUT2D eigenvalue weighted by Crippen LogP contribution is -2.41. The number of piperidine rings is 1. The van der Waals surface area contributed by atoms with Gasteiger partial charge >= 0.3 is 0 Å². The van der Waals surface area contributed by atoms with E-state index in [9.17, 15) is 0 Å². The van der Waals surface area contributed by atoms with Gasteiger partial charge in [-0.25, -0.2) is 0 Å². The van der Waals surface area contributed by atoms with Crippen LogP contribution < -0.4 is 5.32 Å². The highest BCUT2D eigenvalue weighted by Gasteiger charge is 2.19. The maximum atomic E-state index is 6.09. The van der Waals surface area contributed by atoms with Gasteiger partial charge in [0.25, 0.3) is 0 Å². The Morgan fingerprint density at radius 3 is 2.61 bits per heavy atom. The van der Waals surface area contributed by atoms with Crippen LogP contribution in [0.5, 0.6) is 0 Å². The fraction of sp³-hybridized carbons (Fsp3) is 0.389. The van der Waals surface area contributed by atoms with Crippen molar-refractivity contribution < 1.29 is 0 Å². The van der Waals surface area contributed by atoms with Gasteiger partial charge in [0, 0.05) is 25.3 Å². The van der Waals surface area contributed by atoms with Crippen LogP contribution in [0.1, 0.15) is 24.1 Å². The van der Waals surface area contributed by atoms with Crippen LogP contribution in [0.15, 0.2) is 42.6 Å². The number of hydrogen-bond donors (Lipinski definition) is 1. The summed E-state index contributed by atoms with van der Waals surface area (Å²) in [6.07, 6.45) is 4.17. The molecule has 1 aliphatic heterocycles. The molecule has 0 radical (unpaired) electrons. The number of halogens is 2. The molecule has 3 rings (SSSR count). The second-order valence-electron chi connectivity index (χ2n) is 6.00. The molecule has 1 saturated heterocycles. The summed E-state index contributed by atoms with van der Waals surface area (Å²) < 4.78 is 0. The average molecular weight is 350 g/mol. The summed E-state index contributed by atoms with van der Waals surface area (Å²) >= 11 is 12.1. The molecule has 0 aliphatic carbocycles. The van der Waals surface area contributed by atoms with Gasteiger partial charge in [-0.3, -0.25) is 9.88 Å². The molecule has 1 aromatic carbocycles. The van der Waals surface area contributed by atoms with Gasteiger partial charge in [-0.15, -0.1) is 0 Å². The third-order valence-electron chi connectivity index (χ3n) is 4.28. The molecule has 122 valence electrons. The SMILES string of the molecule is Clc1ccc(CN2CCC(NCc3ccccn3)CC2)cc1Cl. The van der Waals surface area contributed by atoms with Crippen LogP contribution in [0.2, 0.25) is 10.0 Å². The molecule has 1 N–H and O–H groups in total. The molecule has 1 aliphatic rings. The van der Waals surface area contributed by atoms with Crippen molar-refractivity contribution in [3.63, 3.8) is 0 Å². The first-order valence-corrected chi connectivity index (χ1v) is 8.76. The van der Waals surface area contributed by atoms with Crippen LogP contribution in [0, 0.1) is 0 Å². The lowest BCUT2D eigenvalue weighted by atomic mass is 10.0. The number of aromatic nitrogens is 1. The van der Waals surface area contributed by atoms with E-state index in [1.165, 1.54) is 5.56 Å².